The van der Waals surface area contributed by atoms with Crippen molar-refractivity contribution < 1.29 is 9.18 Å². The molecule has 0 atom stereocenters. The van der Waals surface area contributed by atoms with Gasteiger partial charge in [-0.3, -0.25) is 9.10 Å². The van der Waals surface area contributed by atoms with Crippen LogP contribution >= 0.6 is 11.9 Å². The Hall–Kier alpha value is -2.41. The van der Waals surface area contributed by atoms with E-state index in [4.69, 9.17) is 5.73 Å². The molecule has 1 heterocycles. The van der Waals surface area contributed by atoms with Crippen LogP contribution in [0.5, 0.6) is 0 Å². The highest BCUT2D eigenvalue weighted by Crippen LogP contribution is 2.37. The van der Waals surface area contributed by atoms with E-state index in [1.54, 1.807) is 18.0 Å². The zero-order chi connectivity index (χ0) is 20.3. The first-order chi connectivity index (χ1) is 13.4. The van der Waals surface area contributed by atoms with Crippen molar-refractivity contribution in [3.63, 3.8) is 0 Å². The Bertz CT molecular complexity index is 1040. The lowest BCUT2D eigenvalue weighted by atomic mass is 10.0. The Morgan fingerprint density at radius 3 is 2.71 bits per heavy atom. The van der Waals surface area contributed by atoms with E-state index in [9.17, 15) is 9.18 Å². The molecule has 0 amide bonds. The van der Waals surface area contributed by atoms with Crippen molar-refractivity contribution in [3.8, 4) is 11.1 Å². The standard InChI is InChI=1S/C22H24FN3OS/c1-15-22(17-6-4-5-16(11-17)14-27)20-12-19(28-25(2)3)7-8-21(20)26(15)13-18(23)9-10-24/h4-9,11-12,14H,10,13,24H2,1-3H3/b18-9-. The number of fused-ring (bicyclic) bond motifs is 1. The summed E-state index contributed by atoms with van der Waals surface area (Å²) < 4.78 is 18.3. The predicted octanol–water partition coefficient (Wildman–Crippen LogP) is 4.81. The molecule has 3 aromatic rings. The van der Waals surface area contributed by atoms with Gasteiger partial charge in [0.05, 0.1) is 6.54 Å². The maximum absolute atomic E-state index is 14.3. The van der Waals surface area contributed by atoms with Crippen molar-refractivity contribution in [1.82, 2.24) is 8.87 Å². The molecular weight excluding hydrogens is 373 g/mol. The Labute approximate surface area is 169 Å². The van der Waals surface area contributed by atoms with Gasteiger partial charge in [-0.05, 0) is 68.9 Å². The summed E-state index contributed by atoms with van der Waals surface area (Å²) in [5, 5.41) is 1.04. The number of carbonyl (C=O) groups is 1. The van der Waals surface area contributed by atoms with Crippen LogP contribution in [0.3, 0.4) is 0 Å². The first kappa shape index (κ1) is 20.3. The highest BCUT2D eigenvalue weighted by atomic mass is 32.2. The zero-order valence-electron chi connectivity index (χ0n) is 16.3. The van der Waals surface area contributed by atoms with E-state index in [2.05, 4.69) is 6.07 Å². The van der Waals surface area contributed by atoms with Crippen LogP contribution in [0, 0.1) is 6.92 Å². The van der Waals surface area contributed by atoms with Crippen LogP contribution in [0.2, 0.25) is 0 Å². The number of allylic oxidation sites excluding steroid dienone is 1. The van der Waals surface area contributed by atoms with Crippen LogP contribution in [0.4, 0.5) is 4.39 Å². The van der Waals surface area contributed by atoms with Gasteiger partial charge in [-0.15, -0.1) is 0 Å². The lowest BCUT2D eigenvalue weighted by Gasteiger charge is -2.09. The summed E-state index contributed by atoms with van der Waals surface area (Å²) in [6, 6.07) is 13.7. The maximum atomic E-state index is 14.3. The Balaban J connectivity index is 2.25. The highest BCUT2D eigenvalue weighted by Gasteiger charge is 2.17. The third kappa shape index (κ3) is 4.19. The third-order valence-electron chi connectivity index (χ3n) is 4.54. The van der Waals surface area contributed by atoms with Crippen LogP contribution < -0.4 is 5.73 Å². The maximum Gasteiger partial charge on any atom is 0.150 e. The number of halogens is 1. The SMILES string of the molecule is Cc1c(-c2cccc(C=O)c2)c2cc(SN(C)C)ccc2n1C/C(F)=C/CN. The fourth-order valence-corrected chi connectivity index (χ4v) is 4.13. The smallest absolute Gasteiger partial charge is 0.150 e. The second kappa shape index (κ2) is 8.73. The van der Waals surface area contributed by atoms with E-state index in [1.807, 2.05) is 60.2 Å². The van der Waals surface area contributed by atoms with Crippen molar-refractivity contribution in [1.29, 1.82) is 0 Å². The molecule has 0 spiro atoms. The largest absolute Gasteiger partial charge is 0.337 e. The van der Waals surface area contributed by atoms with E-state index in [-0.39, 0.29) is 18.9 Å². The van der Waals surface area contributed by atoms with Crippen LogP contribution in [0.15, 0.2) is 59.3 Å². The fraction of sp³-hybridized carbons (Fsp3) is 0.227. The second-order valence-electron chi connectivity index (χ2n) is 6.76. The molecule has 0 aliphatic heterocycles. The lowest BCUT2D eigenvalue weighted by molar-refractivity contribution is 0.112. The number of aromatic nitrogens is 1. The quantitative estimate of drug-likeness (QED) is 0.459. The average Bonchev–Trinajstić information content (AvgIpc) is 2.92. The summed E-state index contributed by atoms with van der Waals surface area (Å²) in [6.07, 6.45) is 2.24. The van der Waals surface area contributed by atoms with Gasteiger partial charge in [0.15, 0.2) is 0 Å². The normalized spacial score (nSPS) is 12.1. The van der Waals surface area contributed by atoms with E-state index in [1.165, 1.54) is 6.08 Å². The van der Waals surface area contributed by atoms with E-state index in [0.717, 1.165) is 38.9 Å². The lowest BCUT2D eigenvalue weighted by Crippen LogP contribution is -2.03. The van der Waals surface area contributed by atoms with Gasteiger partial charge in [0, 0.05) is 39.2 Å². The number of hydrogen-bond donors (Lipinski definition) is 1. The molecule has 0 saturated heterocycles. The first-order valence-corrected chi connectivity index (χ1v) is 9.80. The number of aldehydes is 1. The van der Waals surface area contributed by atoms with Gasteiger partial charge < -0.3 is 10.3 Å². The first-order valence-electron chi connectivity index (χ1n) is 9.03. The molecule has 4 nitrogen and oxygen atoms in total. The number of nitrogens with zero attached hydrogens (tertiary/aromatic N) is 2. The van der Waals surface area contributed by atoms with Gasteiger partial charge in [0.25, 0.3) is 0 Å². The van der Waals surface area contributed by atoms with Gasteiger partial charge in [-0.1, -0.05) is 18.2 Å². The monoisotopic (exact) mass is 397 g/mol. The molecule has 0 aliphatic carbocycles. The van der Waals surface area contributed by atoms with Gasteiger partial charge in [-0.2, -0.15) is 0 Å². The summed E-state index contributed by atoms with van der Waals surface area (Å²) in [5.74, 6) is -0.262. The number of benzene rings is 2. The average molecular weight is 398 g/mol. The number of hydrogen-bond acceptors (Lipinski definition) is 4. The fourth-order valence-electron chi connectivity index (χ4n) is 3.41. The minimum atomic E-state index is -0.262. The van der Waals surface area contributed by atoms with Crippen LogP contribution in [-0.2, 0) is 6.54 Å². The van der Waals surface area contributed by atoms with Crippen LogP contribution in [0.1, 0.15) is 16.1 Å². The molecular formula is C22H24FN3OS. The molecule has 0 bridgehead atoms. The molecule has 146 valence electrons. The van der Waals surface area contributed by atoms with Gasteiger partial charge in [-0.25, -0.2) is 4.39 Å². The third-order valence-corrected chi connectivity index (χ3v) is 5.37. The van der Waals surface area contributed by atoms with E-state index < -0.39 is 0 Å². The van der Waals surface area contributed by atoms with Crippen LogP contribution in [0.25, 0.3) is 22.0 Å². The minimum Gasteiger partial charge on any atom is -0.337 e. The molecule has 2 N–H and O–H groups in total. The van der Waals surface area contributed by atoms with Crippen LogP contribution in [-0.4, -0.2) is 35.8 Å². The van der Waals surface area contributed by atoms with Crippen molar-refractivity contribution >= 4 is 29.1 Å². The number of carbonyl (C=O) groups excluding carboxylic acids is 1. The molecule has 1 aromatic heterocycles. The Kier molecular flexibility index (Phi) is 6.34. The highest BCUT2D eigenvalue weighted by molar-refractivity contribution is 7.97. The van der Waals surface area contributed by atoms with Gasteiger partial charge in [0.1, 0.15) is 12.1 Å². The Morgan fingerprint density at radius 2 is 2.04 bits per heavy atom. The number of nitrogens with two attached hydrogens (primary N) is 1. The molecule has 3 rings (SSSR count). The molecule has 28 heavy (non-hydrogen) atoms. The molecule has 2 aromatic carbocycles. The van der Waals surface area contributed by atoms with E-state index >= 15 is 0 Å². The number of rotatable bonds is 7. The molecule has 0 unspecified atom stereocenters. The topological polar surface area (TPSA) is 51.3 Å². The predicted molar refractivity (Wildman–Crippen MR) is 115 cm³/mol. The molecule has 0 radical (unpaired) electrons. The molecule has 6 heteroatoms. The summed E-state index contributed by atoms with van der Waals surface area (Å²) in [6.45, 7) is 2.28. The van der Waals surface area contributed by atoms with Crippen molar-refractivity contribution in [2.24, 2.45) is 5.73 Å². The summed E-state index contributed by atoms with van der Waals surface area (Å²) in [4.78, 5) is 12.4. The molecule has 0 aliphatic rings. The second-order valence-corrected chi connectivity index (χ2v) is 8.14. The van der Waals surface area contributed by atoms with Crippen molar-refractivity contribution in [2.45, 2.75) is 18.4 Å². The van der Waals surface area contributed by atoms with Gasteiger partial charge >= 0.3 is 0 Å². The zero-order valence-corrected chi connectivity index (χ0v) is 17.1. The van der Waals surface area contributed by atoms with Gasteiger partial charge in [0.2, 0.25) is 0 Å². The van der Waals surface area contributed by atoms with Crippen molar-refractivity contribution in [3.05, 3.63) is 65.6 Å². The Morgan fingerprint density at radius 1 is 1.25 bits per heavy atom. The molecule has 0 fully saturated rings. The summed E-state index contributed by atoms with van der Waals surface area (Å²) in [5.41, 5.74) is 9.94. The summed E-state index contributed by atoms with van der Waals surface area (Å²) in [7, 11) is 3.99. The van der Waals surface area contributed by atoms with Crippen molar-refractivity contribution in [2.75, 3.05) is 20.6 Å². The van der Waals surface area contributed by atoms with E-state index in [0.29, 0.717) is 5.56 Å². The molecule has 0 saturated carbocycles. The minimum absolute atomic E-state index is 0.132. The summed E-state index contributed by atoms with van der Waals surface area (Å²) >= 11 is 1.63.